The Morgan fingerprint density at radius 3 is 2.72 bits per heavy atom. The molecule has 164 valence electrons. The van der Waals surface area contributed by atoms with Crippen LogP contribution in [0.3, 0.4) is 0 Å². The summed E-state index contributed by atoms with van der Waals surface area (Å²) in [6.07, 6.45) is 0. The first-order valence-electron chi connectivity index (χ1n) is 10.5. The maximum absolute atomic E-state index is 12.6. The van der Waals surface area contributed by atoms with E-state index in [1.807, 2.05) is 61.5 Å². The molecule has 5 nitrogen and oxygen atoms in total. The van der Waals surface area contributed by atoms with Crippen molar-refractivity contribution in [2.45, 2.75) is 23.3 Å². The molecule has 1 aliphatic heterocycles. The van der Waals surface area contributed by atoms with E-state index in [-0.39, 0.29) is 5.91 Å². The zero-order valence-corrected chi connectivity index (χ0v) is 19.3. The van der Waals surface area contributed by atoms with Gasteiger partial charge in [0.2, 0.25) is 0 Å². The molecule has 0 spiro atoms. The fraction of sp³-hybridized carbons (Fsp3) is 0.200. The summed E-state index contributed by atoms with van der Waals surface area (Å²) in [6.45, 7) is 4.06. The van der Waals surface area contributed by atoms with Crippen molar-refractivity contribution < 1.29 is 9.53 Å². The molecular formula is C25H24ClN3O2S. The predicted molar refractivity (Wildman–Crippen MR) is 131 cm³/mol. The Morgan fingerprint density at radius 1 is 1.09 bits per heavy atom. The van der Waals surface area contributed by atoms with Gasteiger partial charge in [-0.15, -0.1) is 0 Å². The highest BCUT2D eigenvalue weighted by Gasteiger charge is 2.19. The third kappa shape index (κ3) is 5.51. The number of anilines is 1. The second-order valence-electron chi connectivity index (χ2n) is 7.18. The molecule has 0 bridgehead atoms. The number of fused-ring (bicyclic) bond motifs is 2. The minimum absolute atomic E-state index is 0.124. The number of nitrogens with one attached hydrogen (secondary N) is 2. The largest absolute Gasteiger partial charge is 0.380 e. The molecule has 32 heavy (non-hydrogen) atoms. The van der Waals surface area contributed by atoms with Crippen LogP contribution in [-0.2, 0) is 11.3 Å². The van der Waals surface area contributed by atoms with Crippen LogP contribution in [0.2, 0.25) is 5.02 Å². The highest BCUT2D eigenvalue weighted by molar-refractivity contribution is 7.99. The van der Waals surface area contributed by atoms with Gasteiger partial charge >= 0.3 is 0 Å². The fourth-order valence-electron chi connectivity index (χ4n) is 3.29. The monoisotopic (exact) mass is 465 g/mol. The molecule has 0 aromatic heterocycles. The molecule has 0 unspecified atom stereocenters. The zero-order valence-electron chi connectivity index (χ0n) is 17.7. The number of hydrogen-bond acceptors (Lipinski definition) is 4. The molecule has 1 aliphatic rings. The number of amidine groups is 1. The molecule has 0 radical (unpaired) electrons. The Kier molecular flexibility index (Phi) is 7.47. The average molecular weight is 466 g/mol. The number of ether oxygens (including phenoxy) is 1. The standard InChI is InChI=1S/C25H24ClN3O2S/c1-2-31-14-13-27-25(30)18-9-12-23-21(15-18)29-24(20-5-3-4-6-22(20)32-23)28-16-17-7-10-19(26)11-8-17/h3-12,15H,2,13-14,16H2,1H3,(H,27,30)(H,28,29). The maximum Gasteiger partial charge on any atom is 0.251 e. The molecule has 0 atom stereocenters. The molecule has 7 heteroatoms. The molecule has 1 amide bonds. The maximum atomic E-state index is 12.6. The van der Waals surface area contributed by atoms with E-state index in [0.717, 1.165) is 32.4 Å². The summed E-state index contributed by atoms with van der Waals surface area (Å²) in [5.41, 5.74) is 3.56. The van der Waals surface area contributed by atoms with Crippen molar-refractivity contribution in [3.05, 3.63) is 88.4 Å². The molecule has 1 heterocycles. The highest BCUT2D eigenvalue weighted by Crippen LogP contribution is 2.39. The number of carbonyl (C=O) groups excluding carboxylic acids is 1. The highest BCUT2D eigenvalue weighted by atomic mass is 35.5. The minimum atomic E-state index is -0.124. The van der Waals surface area contributed by atoms with Gasteiger partial charge in [-0.3, -0.25) is 9.79 Å². The summed E-state index contributed by atoms with van der Waals surface area (Å²) >= 11 is 7.67. The van der Waals surface area contributed by atoms with Gasteiger partial charge in [-0.1, -0.05) is 53.7 Å². The molecule has 3 aromatic carbocycles. The first-order chi connectivity index (χ1) is 15.6. The Morgan fingerprint density at radius 2 is 1.91 bits per heavy atom. The van der Waals surface area contributed by atoms with Crippen LogP contribution in [0.5, 0.6) is 0 Å². The Balaban J connectivity index is 1.60. The van der Waals surface area contributed by atoms with E-state index in [1.165, 1.54) is 0 Å². The molecule has 0 aliphatic carbocycles. The molecule has 4 rings (SSSR count). The summed E-state index contributed by atoms with van der Waals surface area (Å²) in [6, 6.07) is 21.6. The summed E-state index contributed by atoms with van der Waals surface area (Å²) in [5, 5.41) is 7.07. The van der Waals surface area contributed by atoms with Gasteiger partial charge in [-0.25, -0.2) is 0 Å². The average Bonchev–Trinajstić information content (AvgIpc) is 2.97. The van der Waals surface area contributed by atoms with Crippen LogP contribution in [0.4, 0.5) is 5.69 Å². The van der Waals surface area contributed by atoms with Crippen LogP contribution < -0.4 is 10.6 Å². The quantitative estimate of drug-likeness (QED) is 0.444. The van der Waals surface area contributed by atoms with E-state index in [2.05, 4.69) is 22.8 Å². The van der Waals surface area contributed by atoms with Crippen molar-refractivity contribution in [1.29, 1.82) is 0 Å². The van der Waals surface area contributed by atoms with Crippen LogP contribution in [0.15, 0.2) is 81.5 Å². The van der Waals surface area contributed by atoms with Crippen molar-refractivity contribution in [2.75, 3.05) is 25.1 Å². The van der Waals surface area contributed by atoms with E-state index in [4.69, 9.17) is 21.3 Å². The lowest BCUT2D eigenvalue weighted by atomic mass is 10.1. The molecular weight excluding hydrogens is 442 g/mol. The summed E-state index contributed by atoms with van der Waals surface area (Å²) in [4.78, 5) is 19.6. The van der Waals surface area contributed by atoms with Crippen molar-refractivity contribution in [3.63, 3.8) is 0 Å². The molecule has 3 aromatic rings. The second kappa shape index (κ2) is 10.7. The zero-order chi connectivity index (χ0) is 22.3. The first-order valence-corrected chi connectivity index (χ1v) is 11.7. The molecule has 0 fully saturated rings. The van der Waals surface area contributed by atoms with Crippen molar-refractivity contribution in [2.24, 2.45) is 4.99 Å². The SMILES string of the molecule is CCOCCNC(=O)c1ccc2c(c1)NC(=NCc1ccc(Cl)cc1)c1ccccc1S2. The van der Waals surface area contributed by atoms with Gasteiger partial charge < -0.3 is 15.4 Å². The summed E-state index contributed by atoms with van der Waals surface area (Å²) in [7, 11) is 0. The molecule has 0 saturated heterocycles. The van der Waals surface area contributed by atoms with Crippen molar-refractivity contribution in [3.8, 4) is 0 Å². The van der Waals surface area contributed by atoms with Crippen LogP contribution in [0.25, 0.3) is 0 Å². The van der Waals surface area contributed by atoms with Crippen molar-refractivity contribution in [1.82, 2.24) is 5.32 Å². The number of rotatable bonds is 7. The van der Waals surface area contributed by atoms with Crippen LogP contribution in [0.1, 0.15) is 28.4 Å². The molecule has 0 saturated carbocycles. The smallest absolute Gasteiger partial charge is 0.251 e. The summed E-state index contributed by atoms with van der Waals surface area (Å²) < 4.78 is 5.29. The first kappa shape index (κ1) is 22.4. The van der Waals surface area contributed by atoms with E-state index in [1.54, 1.807) is 11.8 Å². The van der Waals surface area contributed by atoms with Crippen LogP contribution in [0, 0.1) is 0 Å². The van der Waals surface area contributed by atoms with E-state index >= 15 is 0 Å². The number of carbonyl (C=O) groups is 1. The van der Waals surface area contributed by atoms with Gasteiger partial charge in [0.05, 0.1) is 18.8 Å². The predicted octanol–water partition coefficient (Wildman–Crippen LogP) is 5.63. The molecule has 2 N–H and O–H groups in total. The van der Waals surface area contributed by atoms with E-state index in [9.17, 15) is 4.79 Å². The van der Waals surface area contributed by atoms with Gasteiger partial charge in [0.25, 0.3) is 5.91 Å². The topological polar surface area (TPSA) is 62.7 Å². The van der Waals surface area contributed by atoms with Crippen LogP contribution in [-0.4, -0.2) is 31.5 Å². The number of nitrogens with zero attached hydrogens (tertiary/aromatic N) is 1. The van der Waals surface area contributed by atoms with Gasteiger partial charge in [-0.2, -0.15) is 0 Å². The van der Waals surface area contributed by atoms with Crippen LogP contribution >= 0.6 is 23.4 Å². The third-order valence-electron chi connectivity index (χ3n) is 4.93. The number of hydrogen-bond donors (Lipinski definition) is 2. The lowest BCUT2D eigenvalue weighted by Crippen LogP contribution is -2.27. The van der Waals surface area contributed by atoms with E-state index < -0.39 is 0 Å². The Labute approximate surface area is 197 Å². The van der Waals surface area contributed by atoms with E-state index in [0.29, 0.717) is 36.9 Å². The Hall–Kier alpha value is -2.80. The number of amides is 1. The van der Waals surface area contributed by atoms with Gasteiger partial charge in [0.15, 0.2) is 0 Å². The van der Waals surface area contributed by atoms with Gasteiger partial charge in [-0.05, 0) is 48.9 Å². The number of aliphatic imine (C=N–C) groups is 1. The van der Waals surface area contributed by atoms with Gasteiger partial charge in [0.1, 0.15) is 5.84 Å². The fourth-order valence-corrected chi connectivity index (χ4v) is 4.43. The normalized spacial score (nSPS) is 13.6. The number of benzene rings is 3. The third-order valence-corrected chi connectivity index (χ3v) is 6.33. The van der Waals surface area contributed by atoms with Gasteiger partial charge in [0, 0.05) is 39.1 Å². The second-order valence-corrected chi connectivity index (χ2v) is 8.70. The lowest BCUT2D eigenvalue weighted by molar-refractivity contribution is 0.0922. The van der Waals surface area contributed by atoms with Crippen molar-refractivity contribution >= 4 is 40.8 Å². The lowest BCUT2D eigenvalue weighted by Gasteiger charge is -2.12. The number of halogens is 1. The Bertz CT molecular complexity index is 1130. The summed E-state index contributed by atoms with van der Waals surface area (Å²) in [5.74, 6) is 0.649. The minimum Gasteiger partial charge on any atom is -0.380 e.